The molecule has 1 amide bonds. The zero-order chi connectivity index (χ0) is 21.7. The number of hydrogen-bond donors (Lipinski definition) is 2. The van der Waals surface area contributed by atoms with Crippen LogP contribution < -0.4 is 11.1 Å². The van der Waals surface area contributed by atoms with Crippen LogP contribution in [0.4, 0.5) is 0 Å². The quantitative estimate of drug-likeness (QED) is 0.575. The number of rotatable bonds is 8. The molecular weight excluding hydrogens is 400 g/mol. The summed E-state index contributed by atoms with van der Waals surface area (Å²) in [6, 6.07) is 16.7. The zero-order valence-electron chi connectivity index (χ0n) is 17.1. The molecular formula is C22H26N4O3S. The molecule has 7 nitrogen and oxygen atoms in total. The third-order valence-electron chi connectivity index (χ3n) is 4.69. The van der Waals surface area contributed by atoms with Crippen LogP contribution in [0.5, 0.6) is 0 Å². The Labute approximate surface area is 176 Å². The Bertz CT molecular complexity index is 1120. The summed E-state index contributed by atoms with van der Waals surface area (Å²) < 4.78 is 25.3. The average Bonchev–Trinajstić information content (AvgIpc) is 3.15. The van der Waals surface area contributed by atoms with E-state index in [2.05, 4.69) is 10.4 Å². The van der Waals surface area contributed by atoms with Gasteiger partial charge < -0.3 is 11.1 Å². The molecule has 158 valence electrons. The molecule has 1 heterocycles. The van der Waals surface area contributed by atoms with E-state index in [1.165, 1.54) is 6.26 Å². The van der Waals surface area contributed by atoms with Gasteiger partial charge in [0.2, 0.25) is 5.91 Å². The molecule has 30 heavy (non-hydrogen) atoms. The summed E-state index contributed by atoms with van der Waals surface area (Å²) in [5, 5.41) is 7.44. The van der Waals surface area contributed by atoms with Crippen LogP contribution in [0.1, 0.15) is 17.7 Å². The number of amides is 1. The minimum atomic E-state index is -3.27. The smallest absolute Gasteiger partial charge is 0.220 e. The minimum Gasteiger partial charge on any atom is -0.355 e. The highest BCUT2D eigenvalue weighted by Gasteiger charge is 2.14. The van der Waals surface area contributed by atoms with Crippen LogP contribution in [0.25, 0.3) is 16.9 Å². The molecule has 1 aromatic heterocycles. The number of aromatic nitrogens is 2. The maximum atomic E-state index is 11.9. The predicted octanol–water partition coefficient (Wildman–Crippen LogP) is 2.26. The van der Waals surface area contributed by atoms with Crippen molar-refractivity contribution in [2.24, 2.45) is 5.73 Å². The number of nitrogens with two attached hydrogens (primary N) is 1. The summed E-state index contributed by atoms with van der Waals surface area (Å²) >= 11 is 0. The lowest BCUT2D eigenvalue weighted by atomic mass is 10.1. The number of aryl methyl sites for hydroxylation is 2. The van der Waals surface area contributed by atoms with Gasteiger partial charge in [-0.05, 0) is 37.3 Å². The summed E-state index contributed by atoms with van der Waals surface area (Å²) in [5.74, 6) is -0.0654. The van der Waals surface area contributed by atoms with Crippen molar-refractivity contribution in [3.8, 4) is 16.9 Å². The zero-order valence-corrected chi connectivity index (χ0v) is 17.9. The van der Waals surface area contributed by atoms with E-state index < -0.39 is 9.84 Å². The Balaban J connectivity index is 1.94. The number of nitrogens with one attached hydrogen (secondary N) is 1. The molecule has 0 aliphatic rings. The normalized spacial score (nSPS) is 11.4. The average molecular weight is 427 g/mol. The van der Waals surface area contributed by atoms with Crippen LogP contribution in [0, 0.1) is 6.92 Å². The summed E-state index contributed by atoms with van der Waals surface area (Å²) in [6.45, 7) is 2.88. The first-order valence-electron chi connectivity index (χ1n) is 9.71. The Morgan fingerprint density at radius 1 is 1.10 bits per heavy atom. The molecule has 0 fully saturated rings. The Hall–Kier alpha value is -2.97. The van der Waals surface area contributed by atoms with Gasteiger partial charge in [0.25, 0.3) is 0 Å². The fourth-order valence-corrected chi connectivity index (χ4v) is 3.69. The molecule has 3 N–H and O–H groups in total. The van der Waals surface area contributed by atoms with Gasteiger partial charge >= 0.3 is 0 Å². The van der Waals surface area contributed by atoms with E-state index in [0.717, 1.165) is 28.2 Å². The monoisotopic (exact) mass is 426 g/mol. The van der Waals surface area contributed by atoms with Gasteiger partial charge in [-0.3, -0.25) is 4.79 Å². The largest absolute Gasteiger partial charge is 0.355 e. The van der Waals surface area contributed by atoms with E-state index in [1.54, 1.807) is 28.9 Å². The van der Waals surface area contributed by atoms with Crippen LogP contribution >= 0.6 is 0 Å². The van der Waals surface area contributed by atoms with Gasteiger partial charge in [-0.25, -0.2) is 13.1 Å². The van der Waals surface area contributed by atoms with Crippen LogP contribution in [-0.2, 0) is 21.1 Å². The summed E-state index contributed by atoms with van der Waals surface area (Å²) in [7, 11) is -3.27. The topological polar surface area (TPSA) is 107 Å². The summed E-state index contributed by atoms with van der Waals surface area (Å²) in [4.78, 5) is 12.2. The molecule has 3 rings (SSSR count). The van der Waals surface area contributed by atoms with E-state index in [0.29, 0.717) is 25.9 Å². The van der Waals surface area contributed by atoms with Crippen LogP contribution in [-0.4, -0.2) is 43.5 Å². The van der Waals surface area contributed by atoms with Gasteiger partial charge in [0.05, 0.1) is 22.0 Å². The predicted molar refractivity (Wildman–Crippen MR) is 117 cm³/mol. The molecule has 8 heteroatoms. The van der Waals surface area contributed by atoms with Gasteiger partial charge in [-0.2, -0.15) is 5.10 Å². The molecule has 2 aromatic carbocycles. The van der Waals surface area contributed by atoms with E-state index in [9.17, 15) is 13.2 Å². The number of nitrogens with zero attached hydrogens (tertiary/aromatic N) is 2. The second kappa shape index (κ2) is 9.23. The van der Waals surface area contributed by atoms with E-state index >= 15 is 0 Å². The molecule has 0 radical (unpaired) electrons. The van der Waals surface area contributed by atoms with Crippen molar-refractivity contribution in [2.45, 2.75) is 24.7 Å². The van der Waals surface area contributed by atoms with Gasteiger partial charge in [0.1, 0.15) is 0 Å². The molecule has 3 aromatic rings. The lowest BCUT2D eigenvalue weighted by Crippen LogP contribution is -2.29. The molecule has 0 saturated carbocycles. The molecule has 0 saturated heterocycles. The number of sulfone groups is 1. The van der Waals surface area contributed by atoms with Gasteiger partial charge in [0.15, 0.2) is 9.84 Å². The number of benzene rings is 2. The molecule has 0 spiro atoms. The van der Waals surface area contributed by atoms with Crippen molar-refractivity contribution < 1.29 is 13.2 Å². The number of carbonyl (C=O) groups is 1. The first-order chi connectivity index (χ1) is 14.3. The molecule has 0 aliphatic carbocycles. The first-order valence-corrected chi connectivity index (χ1v) is 11.6. The fraction of sp³-hybridized carbons (Fsp3) is 0.273. The maximum absolute atomic E-state index is 11.9. The van der Waals surface area contributed by atoms with E-state index in [4.69, 9.17) is 5.73 Å². The Kier molecular flexibility index (Phi) is 6.69. The SMILES string of the molecule is Cc1ccc(-c2cc(CCC(=O)NCCN)nn2-c2ccc(S(C)(=O)=O)cc2)cc1. The Morgan fingerprint density at radius 2 is 1.77 bits per heavy atom. The molecule has 0 bridgehead atoms. The Morgan fingerprint density at radius 3 is 2.37 bits per heavy atom. The highest BCUT2D eigenvalue weighted by Crippen LogP contribution is 2.26. The number of hydrogen-bond acceptors (Lipinski definition) is 5. The fourth-order valence-electron chi connectivity index (χ4n) is 3.06. The highest BCUT2D eigenvalue weighted by atomic mass is 32.2. The highest BCUT2D eigenvalue weighted by molar-refractivity contribution is 7.90. The lowest BCUT2D eigenvalue weighted by Gasteiger charge is -2.09. The lowest BCUT2D eigenvalue weighted by molar-refractivity contribution is -0.121. The van der Waals surface area contributed by atoms with E-state index in [-0.39, 0.29) is 10.8 Å². The van der Waals surface area contributed by atoms with E-state index in [1.807, 2.05) is 37.3 Å². The second-order valence-corrected chi connectivity index (χ2v) is 9.22. The van der Waals surface area contributed by atoms with Crippen molar-refractivity contribution in [3.63, 3.8) is 0 Å². The van der Waals surface area contributed by atoms with Crippen molar-refractivity contribution in [1.29, 1.82) is 0 Å². The second-order valence-electron chi connectivity index (χ2n) is 7.20. The third kappa shape index (κ3) is 5.34. The van der Waals surface area contributed by atoms with Crippen molar-refractivity contribution in [1.82, 2.24) is 15.1 Å². The van der Waals surface area contributed by atoms with Crippen molar-refractivity contribution in [2.75, 3.05) is 19.3 Å². The van der Waals surface area contributed by atoms with Crippen molar-refractivity contribution in [3.05, 3.63) is 65.9 Å². The molecule has 0 atom stereocenters. The molecule has 0 unspecified atom stereocenters. The first kappa shape index (κ1) is 21.7. The van der Waals surface area contributed by atoms with Gasteiger partial charge in [-0.1, -0.05) is 29.8 Å². The number of carbonyl (C=O) groups excluding carboxylic acids is 1. The van der Waals surface area contributed by atoms with Crippen LogP contribution in [0.2, 0.25) is 0 Å². The summed E-state index contributed by atoms with van der Waals surface area (Å²) in [6.07, 6.45) is 1.99. The van der Waals surface area contributed by atoms with Crippen LogP contribution in [0.3, 0.4) is 0 Å². The third-order valence-corrected chi connectivity index (χ3v) is 5.82. The maximum Gasteiger partial charge on any atom is 0.220 e. The minimum absolute atomic E-state index is 0.0654. The van der Waals surface area contributed by atoms with Gasteiger partial charge in [-0.15, -0.1) is 0 Å². The van der Waals surface area contributed by atoms with Gasteiger partial charge in [0, 0.05) is 37.8 Å². The van der Waals surface area contributed by atoms with Crippen LogP contribution in [0.15, 0.2) is 59.5 Å². The van der Waals surface area contributed by atoms with Crippen molar-refractivity contribution >= 4 is 15.7 Å². The molecule has 0 aliphatic heterocycles. The standard InChI is InChI=1S/C22H26N4O3S/c1-16-3-5-17(6-4-16)21-15-18(7-12-22(27)24-14-13-23)25-26(21)19-8-10-20(11-9-19)30(2,28)29/h3-6,8-11,15H,7,12-14,23H2,1-2H3,(H,24,27). The summed E-state index contributed by atoms with van der Waals surface area (Å²) in [5.41, 5.74) is 9.95.